The molecule has 0 saturated heterocycles. The topological polar surface area (TPSA) is 92.7 Å². The Bertz CT molecular complexity index is 1280. The van der Waals surface area contributed by atoms with Crippen molar-refractivity contribution in [1.82, 2.24) is 5.32 Å². The predicted molar refractivity (Wildman–Crippen MR) is 121 cm³/mol. The van der Waals surface area contributed by atoms with Crippen molar-refractivity contribution < 1.29 is 22.5 Å². The molecule has 0 saturated carbocycles. The second-order valence-electron chi connectivity index (χ2n) is 7.28. The van der Waals surface area contributed by atoms with Crippen molar-refractivity contribution >= 4 is 16.2 Å². The number of amides is 1. The normalized spacial score (nSPS) is 12.3. The molecule has 1 aliphatic rings. The van der Waals surface area contributed by atoms with Crippen molar-refractivity contribution in [3.8, 4) is 23.0 Å². The zero-order chi connectivity index (χ0) is 22.6. The molecular weight excluding hydrogens is 426 g/mol. The lowest BCUT2D eigenvalue weighted by molar-refractivity contribution is 0.143. The van der Waals surface area contributed by atoms with Gasteiger partial charge < -0.3 is 10.1 Å². The summed E-state index contributed by atoms with van der Waals surface area (Å²) < 4.78 is 37.5. The highest BCUT2D eigenvalue weighted by Crippen LogP contribution is 2.44. The highest BCUT2D eigenvalue weighted by Gasteiger charge is 2.28. The van der Waals surface area contributed by atoms with Crippen LogP contribution in [0.5, 0.6) is 0 Å². The van der Waals surface area contributed by atoms with Gasteiger partial charge in [-0.25, -0.2) is 4.79 Å². The summed E-state index contributed by atoms with van der Waals surface area (Å²) in [5, 5.41) is 2.65. The molecule has 0 atom stereocenters. The molecule has 0 bridgehead atoms. The van der Waals surface area contributed by atoms with Gasteiger partial charge in [0.25, 0.3) is 10.1 Å². The zero-order valence-electron chi connectivity index (χ0n) is 17.1. The lowest BCUT2D eigenvalue weighted by atomic mass is 9.98. The van der Waals surface area contributed by atoms with Crippen LogP contribution in [-0.4, -0.2) is 32.2 Å². The second kappa shape index (κ2) is 9.27. The van der Waals surface area contributed by atoms with Crippen molar-refractivity contribution in [2.45, 2.75) is 17.2 Å². The Kier molecular flexibility index (Phi) is 6.26. The molecule has 0 spiro atoms. The number of ether oxygens (including phenoxy) is 1. The third-order valence-corrected chi connectivity index (χ3v) is 6.16. The summed E-state index contributed by atoms with van der Waals surface area (Å²) in [6, 6.07) is 22.2. The van der Waals surface area contributed by atoms with Crippen LogP contribution in [0.2, 0.25) is 0 Å². The molecule has 162 valence electrons. The molecule has 7 heteroatoms. The molecule has 0 aromatic heterocycles. The van der Waals surface area contributed by atoms with Crippen LogP contribution in [0.3, 0.4) is 0 Å². The average molecular weight is 448 g/mol. The summed E-state index contributed by atoms with van der Waals surface area (Å²) in [6.45, 7) is 0.477. The Morgan fingerprint density at radius 2 is 1.53 bits per heavy atom. The van der Waals surface area contributed by atoms with Gasteiger partial charge in [0.2, 0.25) is 0 Å². The van der Waals surface area contributed by atoms with E-state index >= 15 is 0 Å². The van der Waals surface area contributed by atoms with E-state index in [1.54, 1.807) is 6.07 Å². The number of nitrogens with one attached hydrogen (secondary N) is 1. The molecule has 3 aromatic rings. The van der Waals surface area contributed by atoms with Gasteiger partial charge in [0.15, 0.2) is 0 Å². The lowest BCUT2D eigenvalue weighted by Gasteiger charge is -2.14. The first-order valence-electron chi connectivity index (χ1n) is 10.1. The van der Waals surface area contributed by atoms with Gasteiger partial charge in [0, 0.05) is 24.4 Å². The Labute approximate surface area is 187 Å². The minimum Gasteiger partial charge on any atom is -0.449 e. The van der Waals surface area contributed by atoms with Gasteiger partial charge in [-0.05, 0) is 34.4 Å². The summed E-state index contributed by atoms with van der Waals surface area (Å²) in [7, 11) is -4.34. The fraction of sp³-hybridized carbons (Fsp3) is 0.160. The fourth-order valence-corrected chi connectivity index (χ4v) is 4.48. The van der Waals surface area contributed by atoms with Crippen molar-refractivity contribution in [2.75, 3.05) is 13.2 Å². The minimum atomic E-state index is -4.34. The molecule has 0 unspecified atom stereocenters. The molecule has 1 aliphatic carbocycles. The zero-order valence-corrected chi connectivity index (χ0v) is 17.9. The number of carbonyl (C=O) groups is 1. The third-order valence-electron chi connectivity index (χ3n) is 5.25. The summed E-state index contributed by atoms with van der Waals surface area (Å²) in [4.78, 5) is 11.9. The second-order valence-corrected chi connectivity index (χ2v) is 8.67. The van der Waals surface area contributed by atoms with Crippen LogP contribution >= 0.6 is 0 Å². The van der Waals surface area contributed by atoms with E-state index in [1.807, 2.05) is 24.3 Å². The summed E-state index contributed by atoms with van der Waals surface area (Å²) in [5.74, 6) is 5.50. The van der Waals surface area contributed by atoms with Gasteiger partial charge in [-0.2, -0.15) is 8.42 Å². The lowest BCUT2D eigenvalue weighted by Crippen LogP contribution is -2.26. The van der Waals surface area contributed by atoms with E-state index in [9.17, 15) is 17.8 Å². The molecule has 3 aromatic carbocycles. The van der Waals surface area contributed by atoms with Gasteiger partial charge in [-0.3, -0.25) is 4.55 Å². The fourth-order valence-electron chi connectivity index (χ4n) is 3.83. The molecule has 6 nitrogen and oxygen atoms in total. The maximum absolute atomic E-state index is 12.1. The molecule has 4 rings (SSSR count). The average Bonchev–Trinajstić information content (AvgIpc) is 3.11. The third kappa shape index (κ3) is 4.67. The largest absolute Gasteiger partial charge is 0.449 e. The van der Waals surface area contributed by atoms with Gasteiger partial charge >= 0.3 is 6.09 Å². The van der Waals surface area contributed by atoms with Gasteiger partial charge in [0.1, 0.15) is 11.5 Å². The first-order valence-corrected chi connectivity index (χ1v) is 11.5. The van der Waals surface area contributed by atoms with E-state index < -0.39 is 16.2 Å². The Balaban J connectivity index is 1.31. The summed E-state index contributed by atoms with van der Waals surface area (Å²) in [6.07, 6.45) is -0.240. The Morgan fingerprint density at radius 3 is 2.19 bits per heavy atom. The number of rotatable bonds is 5. The monoisotopic (exact) mass is 447 g/mol. The van der Waals surface area contributed by atoms with Crippen LogP contribution < -0.4 is 5.32 Å². The number of fused-ring (bicyclic) bond motifs is 3. The van der Waals surface area contributed by atoms with Crippen LogP contribution in [0.4, 0.5) is 4.79 Å². The molecule has 0 radical (unpaired) electrons. The number of hydrogen-bond acceptors (Lipinski definition) is 4. The molecule has 0 heterocycles. The van der Waals surface area contributed by atoms with Gasteiger partial charge in [-0.1, -0.05) is 72.5 Å². The molecule has 1 amide bonds. The first-order chi connectivity index (χ1) is 15.4. The highest BCUT2D eigenvalue weighted by atomic mass is 32.2. The van der Waals surface area contributed by atoms with E-state index in [4.69, 9.17) is 4.74 Å². The number of alkyl carbamates (subject to hydrolysis) is 1. The van der Waals surface area contributed by atoms with Crippen LogP contribution in [-0.2, 0) is 14.9 Å². The van der Waals surface area contributed by atoms with Crippen LogP contribution in [0, 0.1) is 11.8 Å². The van der Waals surface area contributed by atoms with Crippen molar-refractivity contribution in [2.24, 2.45) is 0 Å². The van der Waals surface area contributed by atoms with Crippen molar-refractivity contribution in [3.63, 3.8) is 0 Å². The maximum Gasteiger partial charge on any atom is 0.407 e. The first kappa shape index (κ1) is 21.6. The van der Waals surface area contributed by atoms with Crippen LogP contribution in [0.25, 0.3) is 11.1 Å². The number of benzene rings is 3. The Hall–Kier alpha value is -3.60. The maximum atomic E-state index is 12.1. The van der Waals surface area contributed by atoms with Crippen LogP contribution in [0.1, 0.15) is 29.0 Å². The SMILES string of the molecule is O=C(NCCC#Cc1ccccc1S(=O)(=O)O)OCC1c2ccccc2-c2ccccc21. The van der Waals surface area contributed by atoms with Gasteiger partial charge in [0.05, 0.1) is 0 Å². The quantitative estimate of drug-likeness (QED) is 0.347. The predicted octanol–water partition coefficient (Wildman–Crippen LogP) is 4.21. The number of hydrogen-bond donors (Lipinski definition) is 2. The summed E-state index contributed by atoms with van der Waals surface area (Å²) in [5.41, 5.74) is 4.82. The van der Waals surface area contributed by atoms with E-state index in [2.05, 4.69) is 41.4 Å². The molecule has 32 heavy (non-hydrogen) atoms. The molecule has 2 N–H and O–H groups in total. The summed E-state index contributed by atoms with van der Waals surface area (Å²) >= 11 is 0. The molecule has 0 fully saturated rings. The van der Waals surface area contributed by atoms with Crippen molar-refractivity contribution in [3.05, 3.63) is 89.5 Å². The number of carbonyl (C=O) groups excluding carboxylic acids is 1. The van der Waals surface area contributed by atoms with E-state index in [-0.39, 0.29) is 29.5 Å². The van der Waals surface area contributed by atoms with E-state index in [1.165, 1.54) is 18.2 Å². The highest BCUT2D eigenvalue weighted by molar-refractivity contribution is 7.85. The minimum absolute atomic E-state index is 0.00938. The Morgan fingerprint density at radius 1 is 0.938 bits per heavy atom. The standard InChI is InChI=1S/C25H21NO5S/c27-25(26-16-8-7-10-18-9-1-6-15-24(18)32(28,29)30)31-17-23-21-13-4-2-11-19(21)20-12-3-5-14-22(20)23/h1-6,9,11-15,23H,8,16-17H2,(H,26,27)(H,28,29,30). The van der Waals surface area contributed by atoms with E-state index in [0.717, 1.165) is 22.3 Å². The van der Waals surface area contributed by atoms with Gasteiger partial charge in [-0.15, -0.1) is 0 Å². The molecule has 0 aliphatic heterocycles. The molecular formula is C25H21NO5S. The smallest absolute Gasteiger partial charge is 0.407 e. The van der Waals surface area contributed by atoms with Crippen molar-refractivity contribution in [1.29, 1.82) is 0 Å². The van der Waals surface area contributed by atoms with E-state index in [0.29, 0.717) is 6.42 Å². The van der Waals surface area contributed by atoms with Crippen LogP contribution in [0.15, 0.2) is 77.7 Å².